The van der Waals surface area contributed by atoms with Crippen LogP contribution in [0.4, 0.5) is 0 Å². The first-order valence-corrected chi connectivity index (χ1v) is 4.90. The maximum atomic E-state index is 10.7. The van der Waals surface area contributed by atoms with Crippen molar-refractivity contribution in [2.45, 2.75) is 18.7 Å². The average molecular weight is 216 g/mol. The van der Waals surface area contributed by atoms with Gasteiger partial charge in [0.1, 0.15) is 0 Å². The molecule has 0 spiro atoms. The summed E-state index contributed by atoms with van der Waals surface area (Å²) in [6.07, 6.45) is 0. The van der Waals surface area contributed by atoms with Gasteiger partial charge in [-0.2, -0.15) is 8.42 Å². The van der Waals surface area contributed by atoms with Gasteiger partial charge in [0.2, 0.25) is 0 Å². The average Bonchev–Trinajstić information content (AvgIpc) is 1.83. The molecule has 0 heterocycles. The van der Waals surface area contributed by atoms with Crippen LogP contribution >= 0.6 is 0 Å². The summed E-state index contributed by atoms with van der Waals surface area (Å²) < 4.78 is 30.2. The highest BCUT2D eigenvalue weighted by atomic mass is 32.2. The second kappa shape index (κ2) is 4.25. The van der Waals surface area contributed by atoms with Crippen LogP contribution in [0.2, 0.25) is 0 Å². The Morgan fingerprint density at radius 1 is 1.23 bits per heavy atom. The number of hydrogen-bond donors (Lipinski definition) is 1. The predicted octanol–water partition coefficient (Wildman–Crippen LogP) is 0.366. The van der Waals surface area contributed by atoms with Gasteiger partial charge in [-0.25, -0.2) is 0 Å². The maximum absolute atomic E-state index is 10.7. The van der Waals surface area contributed by atoms with Crippen molar-refractivity contribution in [3.8, 4) is 0 Å². The van der Waals surface area contributed by atoms with Crippen molar-refractivity contribution in [3.05, 3.63) is 29.3 Å². The summed E-state index contributed by atoms with van der Waals surface area (Å²) in [4.78, 5) is -0.0203. The van der Waals surface area contributed by atoms with E-state index in [2.05, 4.69) is 0 Å². The molecule has 0 aliphatic heterocycles. The molecule has 72 valence electrons. The Kier molecular flexibility index (Phi) is 4.14. The molecular weight excluding hydrogens is 203 g/mol. The van der Waals surface area contributed by atoms with Gasteiger partial charge in [-0.15, -0.1) is 0 Å². The van der Waals surface area contributed by atoms with Gasteiger partial charge < -0.3 is 0 Å². The fraction of sp³-hybridized carbons (Fsp3) is 0.250. The summed E-state index contributed by atoms with van der Waals surface area (Å²) in [5, 5.41) is 0. The Hall–Kier alpha value is -0.338. The predicted molar refractivity (Wildman–Crippen MR) is 55.7 cm³/mol. The van der Waals surface area contributed by atoms with Crippen molar-refractivity contribution >= 4 is 27.5 Å². The molecule has 0 aliphatic carbocycles. The van der Waals surface area contributed by atoms with Crippen LogP contribution in [0, 0.1) is 13.8 Å². The SMILES string of the molecule is Cc1ccc(S(=O)(=O)O)c(C)c1.[AlH3]. The van der Waals surface area contributed by atoms with Gasteiger partial charge in [-0.3, -0.25) is 4.55 Å². The van der Waals surface area contributed by atoms with E-state index in [-0.39, 0.29) is 22.3 Å². The van der Waals surface area contributed by atoms with E-state index in [0.29, 0.717) is 5.56 Å². The highest BCUT2D eigenvalue weighted by molar-refractivity contribution is 7.85. The lowest BCUT2D eigenvalue weighted by molar-refractivity contribution is 0.482. The first-order chi connectivity index (χ1) is 5.41. The molecule has 0 bridgehead atoms. The van der Waals surface area contributed by atoms with E-state index in [4.69, 9.17) is 4.55 Å². The van der Waals surface area contributed by atoms with E-state index < -0.39 is 10.1 Å². The van der Waals surface area contributed by atoms with Gasteiger partial charge >= 0.3 is 0 Å². The molecular formula is C8H13AlO3S. The summed E-state index contributed by atoms with van der Waals surface area (Å²) in [6.45, 7) is 3.51. The van der Waals surface area contributed by atoms with Crippen LogP contribution in [0.15, 0.2) is 23.1 Å². The monoisotopic (exact) mass is 216 g/mol. The van der Waals surface area contributed by atoms with Crippen molar-refractivity contribution in [2.75, 3.05) is 0 Å². The quantitative estimate of drug-likeness (QED) is 0.545. The maximum Gasteiger partial charge on any atom is 0.294 e. The highest BCUT2D eigenvalue weighted by Crippen LogP contribution is 2.15. The molecule has 1 aromatic carbocycles. The Bertz CT molecular complexity index is 398. The van der Waals surface area contributed by atoms with Crippen LogP contribution in [0.3, 0.4) is 0 Å². The molecule has 0 amide bonds. The second-order valence-corrected chi connectivity index (χ2v) is 4.13. The fourth-order valence-corrected chi connectivity index (χ4v) is 1.79. The summed E-state index contributed by atoms with van der Waals surface area (Å²) in [7, 11) is -4.05. The van der Waals surface area contributed by atoms with E-state index >= 15 is 0 Å². The van der Waals surface area contributed by atoms with Crippen molar-refractivity contribution < 1.29 is 13.0 Å². The summed E-state index contributed by atoms with van der Waals surface area (Å²) >= 11 is 0. The van der Waals surface area contributed by atoms with Crippen LogP contribution in [0.5, 0.6) is 0 Å². The molecule has 0 aromatic heterocycles. The highest BCUT2D eigenvalue weighted by Gasteiger charge is 2.11. The lowest BCUT2D eigenvalue weighted by Crippen LogP contribution is -2.00. The molecule has 0 atom stereocenters. The van der Waals surface area contributed by atoms with E-state index in [0.717, 1.165) is 5.56 Å². The minimum absolute atomic E-state index is 0. The topological polar surface area (TPSA) is 54.4 Å². The summed E-state index contributed by atoms with van der Waals surface area (Å²) in [5.41, 5.74) is 1.54. The Morgan fingerprint density at radius 3 is 2.15 bits per heavy atom. The molecule has 0 unspecified atom stereocenters. The zero-order valence-electron chi connectivity index (χ0n) is 6.90. The minimum Gasteiger partial charge on any atom is -0.282 e. The van der Waals surface area contributed by atoms with E-state index in [1.165, 1.54) is 6.07 Å². The summed E-state index contributed by atoms with van der Waals surface area (Å²) in [5.74, 6) is 0. The molecule has 1 rings (SSSR count). The number of hydrogen-bond acceptors (Lipinski definition) is 2. The Balaban J connectivity index is 0.00000144. The van der Waals surface area contributed by atoms with Gasteiger partial charge in [0, 0.05) is 0 Å². The Labute approximate surface area is 88.7 Å². The number of rotatable bonds is 1. The van der Waals surface area contributed by atoms with Crippen molar-refractivity contribution in [1.29, 1.82) is 0 Å². The lowest BCUT2D eigenvalue weighted by atomic mass is 10.2. The second-order valence-electron chi connectivity index (χ2n) is 2.74. The molecule has 0 fully saturated rings. The lowest BCUT2D eigenvalue weighted by Gasteiger charge is -2.02. The smallest absolute Gasteiger partial charge is 0.282 e. The molecule has 0 aliphatic rings. The molecule has 0 saturated carbocycles. The largest absolute Gasteiger partial charge is 0.294 e. The normalized spacial score (nSPS) is 10.7. The molecule has 1 aromatic rings. The van der Waals surface area contributed by atoms with Gasteiger partial charge in [0.15, 0.2) is 17.4 Å². The molecule has 5 heteroatoms. The van der Waals surface area contributed by atoms with Gasteiger partial charge in [0.05, 0.1) is 4.90 Å². The third-order valence-corrected chi connectivity index (χ3v) is 2.62. The third kappa shape index (κ3) is 3.13. The van der Waals surface area contributed by atoms with Crippen molar-refractivity contribution in [2.24, 2.45) is 0 Å². The van der Waals surface area contributed by atoms with Gasteiger partial charge in [0.25, 0.3) is 10.1 Å². The van der Waals surface area contributed by atoms with Crippen LogP contribution in [-0.4, -0.2) is 30.3 Å². The van der Waals surface area contributed by atoms with E-state index in [1.807, 2.05) is 6.92 Å². The zero-order chi connectivity index (χ0) is 9.35. The standard InChI is InChI=1S/C8H10O3S.Al.3H/c1-6-3-4-8(7(2)5-6)12(9,10)11;;;;/h3-5H,1-2H3,(H,9,10,11);;;;. The minimum atomic E-state index is -4.05. The van der Waals surface area contributed by atoms with Crippen molar-refractivity contribution in [1.82, 2.24) is 0 Å². The zero-order valence-corrected chi connectivity index (χ0v) is 7.72. The van der Waals surface area contributed by atoms with Crippen LogP contribution in [0.25, 0.3) is 0 Å². The summed E-state index contributed by atoms with van der Waals surface area (Å²) in [6, 6.07) is 4.76. The molecule has 0 radical (unpaired) electrons. The fourth-order valence-electron chi connectivity index (χ4n) is 1.09. The molecule has 13 heavy (non-hydrogen) atoms. The van der Waals surface area contributed by atoms with E-state index in [1.54, 1.807) is 19.1 Å². The van der Waals surface area contributed by atoms with Crippen LogP contribution in [-0.2, 0) is 10.1 Å². The number of aryl methyl sites for hydroxylation is 2. The van der Waals surface area contributed by atoms with Crippen LogP contribution in [0.1, 0.15) is 11.1 Å². The molecule has 1 N–H and O–H groups in total. The third-order valence-electron chi connectivity index (χ3n) is 1.61. The first kappa shape index (κ1) is 12.7. The van der Waals surface area contributed by atoms with Gasteiger partial charge in [-0.1, -0.05) is 17.7 Å². The van der Waals surface area contributed by atoms with Crippen molar-refractivity contribution in [3.63, 3.8) is 0 Å². The first-order valence-electron chi connectivity index (χ1n) is 3.46. The Morgan fingerprint density at radius 2 is 1.77 bits per heavy atom. The molecule has 3 nitrogen and oxygen atoms in total. The number of benzene rings is 1. The van der Waals surface area contributed by atoms with E-state index in [9.17, 15) is 8.42 Å². The van der Waals surface area contributed by atoms with Gasteiger partial charge in [-0.05, 0) is 25.5 Å². The van der Waals surface area contributed by atoms with Crippen LogP contribution < -0.4 is 0 Å². The molecule has 0 saturated heterocycles.